The average molecular weight is 463 g/mol. The van der Waals surface area contributed by atoms with Crippen molar-refractivity contribution in [1.29, 1.82) is 5.26 Å². The van der Waals surface area contributed by atoms with Crippen molar-refractivity contribution in [1.82, 2.24) is 15.2 Å². The van der Waals surface area contributed by atoms with Crippen LogP contribution in [-0.2, 0) is 18.3 Å². The fraction of sp³-hybridized carbons (Fsp3) is 0.423. The number of benzene rings is 2. The number of carbonyl (C=O) groups excluding carboxylic acids is 1. The van der Waals surface area contributed by atoms with Crippen LogP contribution >= 0.6 is 0 Å². The van der Waals surface area contributed by atoms with Crippen LogP contribution in [0.1, 0.15) is 31.7 Å². The fourth-order valence-electron chi connectivity index (χ4n) is 4.45. The Kier molecular flexibility index (Phi) is 6.87. The molecule has 2 heterocycles. The summed E-state index contributed by atoms with van der Waals surface area (Å²) in [5.74, 6) is -0.742. The van der Waals surface area contributed by atoms with Crippen molar-refractivity contribution in [3.05, 3.63) is 58.6 Å². The summed E-state index contributed by atoms with van der Waals surface area (Å²) < 4.78 is 6.66. The standard InChI is InChI=1S/C26H30N4O4/c1-26(33)11-3-4-20(15-28-16-26)24(31)29-21(14-27)12-17-5-7-18(8-6-17)19-9-10-23-22(13-19)30(2)25(32)34-23/h5-10,13,20-21,28,33H,3-4,11-12,15-16H2,1-2H3,(H,29,31)/t20?,21-,26?/m0/s1. The normalized spacial score (nSPS) is 21.9. The first-order valence-electron chi connectivity index (χ1n) is 11.6. The number of amides is 1. The van der Waals surface area contributed by atoms with Gasteiger partial charge in [0, 0.05) is 26.6 Å². The molecule has 8 heteroatoms. The van der Waals surface area contributed by atoms with Crippen LogP contribution in [0, 0.1) is 17.2 Å². The molecule has 1 amide bonds. The average Bonchev–Trinajstić information content (AvgIpc) is 3.09. The van der Waals surface area contributed by atoms with Gasteiger partial charge in [-0.25, -0.2) is 4.79 Å². The highest BCUT2D eigenvalue weighted by atomic mass is 16.4. The van der Waals surface area contributed by atoms with E-state index in [-0.39, 0.29) is 11.8 Å². The van der Waals surface area contributed by atoms with Crippen molar-refractivity contribution in [3.8, 4) is 17.2 Å². The van der Waals surface area contributed by atoms with Gasteiger partial charge in [0.1, 0.15) is 6.04 Å². The van der Waals surface area contributed by atoms with E-state index in [2.05, 4.69) is 16.7 Å². The number of nitrogens with zero attached hydrogens (tertiary/aromatic N) is 2. The van der Waals surface area contributed by atoms with Crippen molar-refractivity contribution in [3.63, 3.8) is 0 Å². The van der Waals surface area contributed by atoms with Crippen molar-refractivity contribution < 1.29 is 14.3 Å². The van der Waals surface area contributed by atoms with E-state index < -0.39 is 17.4 Å². The van der Waals surface area contributed by atoms with Crippen LogP contribution in [-0.4, -0.2) is 40.3 Å². The number of nitrogens with one attached hydrogen (secondary N) is 2. The molecule has 4 rings (SSSR count). The van der Waals surface area contributed by atoms with Gasteiger partial charge in [0.05, 0.1) is 23.1 Å². The SMILES string of the molecule is Cn1c(=O)oc2ccc(-c3ccc(C[C@@H](C#N)NC(=O)C4CCCC(C)(O)CNC4)cc3)cc21. The van der Waals surface area contributed by atoms with Gasteiger partial charge in [0.25, 0.3) is 0 Å². The topological polar surface area (TPSA) is 120 Å². The van der Waals surface area contributed by atoms with E-state index in [4.69, 9.17) is 4.42 Å². The fourth-order valence-corrected chi connectivity index (χ4v) is 4.45. The summed E-state index contributed by atoms with van der Waals surface area (Å²) in [6.45, 7) is 2.74. The number of hydrogen-bond donors (Lipinski definition) is 3. The second-order valence-corrected chi connectivity index (χ2v) is 9.42. The summed E-state index contributed by atoms with van der Waals surface area (Å²) in [6, 6.07) is 15.0. The highest BCUT2D eigenvalue weighted by molar-refractivity contribution is 5.81. The van der Waals surface area contributed by atoms with E-state index in [0.29, 0.717) is 37.9 Å². The van der Waals surface area contributed by atoms with E-state index >= 15 is 0 Å². The molecule has 0 saturated carbocycles. The Morgan fingerprint density at radius 1 is 1.32 bits per heavy atom. The number of rotatable bonds is 5. The summed E-state index contributed by atoms with van der Waals surface area (Å²) in [4.78, 5) is 24.5. The van der Waals surface area contributed by atoms with Gasteiger partial charge in [-0.2, -0.15) is 5.26 Å². The molecule has 1 fully saturated rings. The quantitative estimate of drug-likeness (QED) is 0.536. The molecule has 178 valence electrons. The second-order valence-electron chi connectivity index (χ2n) is 9.42. The maximum absolute atomic E-state index is 12.8. The van der Waals surface area contributed by atoms with Gasteiger partial charge >= 0.3 is 5.76 Å². The van der Waals surface area contributed by atoms with Gasteiger partial charge in [0.15, 0.2) is 5.58 Å². The van der Waals surface area contributed by atoms with Crippen LogP contribution in [0.3, 0.4) is 0 Å². The van der Waals surface area contributed by atoms with Gasteiger partial charge in [-0.1, -0.05) is 30.3 Å². The molecule has 34 heavy (non-hydrogen) atoms. The third kappa shape index (κ3) is 5.38. The number of carbonyl (C=O) groups is 1. The van der Waals surface area contributed by atoms with E-state index in [1.165, 1.54) is 4.57 Å². The first-order valence-corrected chi connectivity index (χ1v) is 11.6. The molecule has 1 aliphatic rings. The minimum Gasteiger partial charge on any atom is -0.408 e. The minimum atomic E-state index is -0.746. The molecule has 3 N–H and O–H groups in total. The Morgan fingerprint density at radius 3 is 2.79 bits per heavy atom. The van der Waals surface area contributed by atoms with Gasteiger partial charge in [-0.05, 0) is 55.0 Å². The smallest absolute Gasteiger partial charge is 0.408 e. The number of β-amino-alcohol motifs (C(OH)–C–C–N with tert-alkyl or cyclic N) is 1. The Balaban J connectivity index is 1.39. The third-order valence-electron chi connectivity index (χ3n) is 6.53. The Bertz CT molecular complexity index is 1250. The van der Waals surface area contributed by atoms with Crippen LogP contribution in [0.4, 0.5) is 0 Å². The maximum Gasteiger partial charge on any atom is 0.419 e. The molecule has 8 nitrogen and oxygen atoms in total. The van der Waals surface area contributed by atoms with Crippen LogP contribution in [0.25, 0.3) is 22.2 Å². The Morgan fingerprint density at radius 2 is 2.06 bits per heavy atom. The van der Waals surface area contributed by atoms with Crippen molar-refractivity contribution in [2.45, 2.75) is 44.2 Å². The summed E-state index contributed by atoms with van der Waals surface area (Å²) >= 11 is 0. The van der Waals surface area contributed by atoms with Crippen molar-refractivity contribution in [2.75, 3.05) is 13.1 Å². The van der Waals surface area contributed by atoms with E-state index in [1.54, 1.807) is 20.0 Å². The lowest BCUT2D eigenvalue weighted by Crippen LogP contribution is -2.47. The van der Waals surface area contributed by atoms with Gasteiger partial charge in [-0.15, -0.1) is 0 Å². The summed E-state index contributed by atoms with van der Waals surface area (Å²) in [7, 11) is 1.67. The molecule has 2 unspecified atom stereocenters. The molecular formula is C26H30N4O4. The molecule has 0 spiro atoms. The molecule has 0 radical (unpaired) electrons. The van der Waals surface area contributed by atoms with Gasteiger partial charge in [-0.3, -0.25) is 9.36 Å². The zero-order valence-corrected chi connectivity index (χ0v) is 19.5. The number of aryl methyl sites for hydroxylation is 1. The van der Waals surface area contributed by atoms with E-state index in [0.717, 1.165) is 28.6 Å². The van der Waals surface area contributed by atoms with Crippen LogP contribution in [0.2, 0.25) is 0 Å². The summed E-state index contributed by atoms with van der Waals surface area (Å²) in [5, 5.41) is 25.8. The number of fused-ring (bicyclic) bond motifs is 1. The van der Waals surface area contributed by atoms with E-state index in [9.17, 15) is 20.0 Å². The predicted octanol–water partition coefficient (Wildman–Crippen LogP) is 2.49. The molecule has 0 bridgehead atoms. The molecule has 1 aliphatic heterocycles. The lowest BCUT2D eigenvalue weighted by Gasteiger charge is -2.29. The number of nitriles is 1. The highest BCUT2D eigenvalue weighted by Gasteiger charge is 2.27. The molecule has 3 atom stereocenters. The zero-order chi connectivity index (χ0) is 24.3. The molecule has 1 aromatic heterocycles. The van der Waals surface area contributed by atoms with Gasteiger partial charge in [0.2, 0.25) is 5.91 Å². The minimum absolute atomic E-state index is 0.128. The largest absolute Gasteiger partial charge is 0.419 e. The third-order valence-corrected chi connectivity index (χ3v) is 6.53. The number of aromatic nitrogens is 1. The number of aliphatic hydroxyl groups is 1. The maximum atomic E-state index is 12.8. The molecule has 3 aromatic rings. The summed E-state index contributed by atoms with van der Waals surface area (Å²) in [5.41, 5.74) is 3.41. The molecule has 1 saturated heterocycles. The second kappa shape index (κ2) is 9.84. The van der Waals surface area contributed by atoms with E-state index in [1.807, 2.05) is 36.4 Å². The number of oxazole rings is 1. The molecule has 2 aromatic carbocycles. The van der Waals surface area contributed by atoms with Crippen LogP contribution in [0.5, 0.6) is 0 Å². The van der Waals surface area contributed by atoms with Crippen LogP contribution < -0.4 is 16.4 Å². The molecule has 0 aliphatic carbocycles. The Hall–Kier alpha value is -3.41. The molecular weight excluding hydrogens is 432 g/mol. The number of hydrogen-bond acceptors (Lipinski definition) is 6. The predicted molar refractivity (Wildman–Crippen MR) is 129 cm³/mol. The van der Waals surface area contributed by atoms with Gasteiger partial charge < -0.3 is 20.2 Å². The Labute approximate surface area is 198 Å². The van der Waals surface area contributed by atoms with Crippen molar-refractivity contribution >= 4 is 17.0 Å². The lowest BCUT2D eigenvalue weighted by molar-refractivity contribution is -0.126. The first-order chi connectivity index (χ1) is 16.3. The summed E-state index contributed by atoms with van der Waals surface area (Å²) in [6.07, 6.45) is 2.49. The van der Waals surface area contributed by atoms with Crippen LogP contribution in [0.15, 0.2) is 51.7 Å². The van der Waals surface area contributed by atoms with Crippen molar-refractivity contribution in [2.24, 2.45) is 13.0 Å². The highest BCUT2D eigenvalue weighted by Crippen LogP contribution is 2.25. The monoisotopic (exact) mass is 462 g/mol. The first kappa shape index (κ1) is 23.7. The zero-order valence-electron chi connectivity index (χ0n) is 19.5. The lowest BCUT2D eigenvalue weighted by atomic mass is 9.91.